The summed E-state index contributed by atoms with van der Waals surface area (Å²) < 4.78 is 26.0. The predicted octanol–water partition coefficient (Wildman–Crippen LogP) is 1.32. The third-order valence-corrected chi connectivity index (χ3v) is 3.53. The monoisotopic (exact) mass is 264 g/mol. The zero-order chi connectivity index (χ0) is 13.0. The van der Waals surface area contributed by atoms with Crippen molar-refractivity contribution < 1.29 is 8.42 Å². The van der Waals surface area contributed by atoms with E-state index in [4.69, 9.17) is 0 Å². The highest BCUT2D eigenvalue weighted by Crippen LogP contribution is 2.08. The summed E-state index contributed by atoms with van der Waals surface area (Å²) in [6, 6.07) is 11.7. The molecule has 18 heavy (non-hydrogen) atoms. The van der Waals surface area contributed by atoms with Crippen LogP contribution in [-0.2, 0) is 15.8 Å². The lowest BCUT2D eigenvalue weighted by Gasteiger charge is -2.06. The van der Waals surface area contributed by atoms with Gasteiger partial charge >= 0.3 is 0 Å². The molecule has 0 atom stereocenters. The smallest absolute Gasteiger partial charge is 0.272 e. The molecule has 0 fully saturated rings. The summed E-state index contributed by atoms with van der Waals surface area (Å²) in [4.78, 5) is 13.8. The second-order valence-electron chi connectivity index (χ2n) is 3.76. The molecule has 2 N–H and O–H groups in total. The lowest BCUT2D eigenvalue weighted by atomic mass is 10.2. The highest BCUT2D eigenvalue weighted by molar-refractivity contribution is 7.91. The Balaban J connectivity index is 2.19. The van der Waals surface area contributed by atoms with Crippen LogP contribution in [0.15, 0.2) is 53.5 Å². The molecule has 0 aliphatic carbocycles. The summed E-state index contributed by atoms with van der Waals surface area (Å²) in [7, 11) is -3.58. The summed E-state index contributed by atoms with van der Waals surface area (Å²) in [5, 5.41) is 0. The molecule has 6 heteroatoms. The number of rotatable bonds is 4. The van der Waals surface area contributed by atoms with Gasteiger partial charge in [0.1, 0.15) is 5.69 Å². The molecule has 2 rings (SSSR count). The fourth-order valence-corrected chi connectivity index (χ4v) is 2.70. The van der Waals surface area contributed by atoms with Crippen LogP contribution in [0.5, 0.6) is 0 Å². The van der Waals surface area contributed by atoms with Gasteiger partial charge in [-0.3, -0.25) is 9.52 Å². The Kier molecular flexibility index (Phi) is 3.47. The normalized spacial score (nSPS) is 11.1. The van der Waals surface area contributed by atoms with Crippen molar-refractivity contribution in [2.75, 3.05) is 4.72 Å². The van der Waals surface area contributed by atoms with E-state index in [1.165, 1.54) is 12.3 Å². The topological polar surface area (TPSA) is 79.0 Å². The second kappa shape index (κ2) is 5.05. The molecule has 0 unspecified atom stereocenters. The highest BCUT2D eigenvalue weighted by Gasteiger charge is 2.12. The number of aromatic nitrogens is 1. The third-order valence-electron chi connectivity index (χ3n) is 2.28. The first-order chi connectivity index (χ1) is 8.57. The van der Waals surface area contributed by atoms with E-state index in [-0.39, 0.29) is 11.4 Å². The molecule has 0 aliphatic heterocycles. The number of anilines is 1. The summed E-state index contributed by atoms with van der Waals surface area (Å²) in [5.41, 5.74) is 0.222. The number of hydrogen-bond donors (Lipinski definition) is 2. The van der Waals surface area contributed by atoms with E-state index in [9.17, 15) is 13.2 Å². The van der Waals surface area contributed by atoms with E-state index in [0.29, 0.717) is 5.56 Å². The number of benzene rings is 1. The van der Waals surface area contributed by atoms with Gasteiger partial charge in [-0.25, -0.2) is 8.42 Å². The number of pyridine rings is 1. The van der Waals surface area contributed by atoms with Crippen molar-refractivity contribution in [2.24, 2.45) is 0 Å². The molecule has 0 saturated heterocycles. The minimum Gasteiger partial charge on any atom is -0.327 e. The lowest BCUT2D eigenvalue weighted by Crippen LogP contribution is -2.20. The Morgan fingerprint density at radius 3 is 2.44 bits per heavy atom. The van der Waals surface area contributed by atoms with Crippen molar-refractivity contribution in [3.05, 3.63) is 64.6 Å². The van der Waals surface area contributed by atoms with E-state index >= 15 is 0 Å². The number of aromatic amines is 1. The van der Waals surface area contributed by atoms with Crippen molar-refractivity contribution in [2.45, 2.75) is 5.75 Å². The first kappa shape index (κ1) is 12.4. The van der Waals surface area contributed by atoms with E-state index < -0.39 is 15.6 Å². The summed E-state index contributed by atoms with van der Waals surface area (Å²) in [5.74, 6) is -0.165. The second-order valence-corrected chi connectivity index (χ2v) is 5.48. The Morgan fingerprint density at radius 2 is 1.78 bits per heavy atom. The van der Waals surface area contributed by atoms with Crippen LogP contribution in [0.1, 0.15) is 5.56 Å². The van der Waals surface area contributed by atoms with Crippen molar-refractivity contribution in [1.82, 2.24) is 4.98 Å². The molecular formula is C12H12N2O3S. The van der Waals surface area contributed by atoms with Crippen LogP contribution in [-0.4, -0.2) is 13.4 Å². The molecule has 5 nitrogen and oxygen atoms in total. The standard InChI is InChI=1S/C12H12N2O3S/c15-12-11(7-4-8-13-12)14-18(16,17)9-10-5-2-1-3-6-10/h1-8,14H,9H2,(H,13,15). The summed E-state index contributed by atoms with van der Waals surface area (Å²) in [6.45, 7) is 0. The van der Waals surface area contributed by atoms with Gasteiger partial charge in [0, 0.05) is 6.20 Å². The van der Waals surface area contributed by atoms with Crippen LogP contribution >= 0.6 is 0 Å². The third kappa shape index (κ3) is 3.21. The number of hydrogen-bond acceptors (Lipinski definition) is 3. The molecule has 0 bridgehead atoms. The first-order valence-corrected chi connectivity index (χ1v) is 6.94. The van der Waals surface area contributed by atoms with Gasteiger partial charge in [0.25, 0.3) is 5.56 Å². The van der Waals surface area contributed by atoms with Crippen molar-refractivity contribution in [3.63, 3.8) is 0 Å². The SMILES string of the molecule is O=c1[nH]cccc1NS(=O)(=O)Cc1ccccc1. The average Bonchev–Trinajstić information content (AvgIpc) is 2.32. The molecule has 0 amide bonds. The van der Waals surface area contributed by atoms with Crippen LogP contribution in [0.3, 0.4) is 0 Å². The van der Waals surface area contributed by atoms with E-state index in [2.05, 4.69) is 9.71 Å². The maximum absolute atomic E-state index is 11.9. The minimum absolute atomic E-state index is 0.0217. The van der Waals surface area contributed by atoms with Crippen molar-refractivity contribution in [3.8, 4) is 0 Å². The maximum Gasteiger partial charge on any atom is 0.272 e. The predicted molar refractivity (Wildman–Crippen MR) is 69.8 cm³/mol. The molecule has 0 radical (unpaired) electrons. The lowest BCUT2D eigenvalue weighted by molar-refractivity contribution is 0.600. The Bertz CT molecular complexity index is 678. The van der Waals surface area contributed by atoms with E-state index in [1.807, 2.05) is 6.07 Å². The fourth-order valence-electron chi connectivity index (χ4n) is 1.50. The van der Waals surface area contributed by atoms with Crippen LogP contribution in [0.25, 0.3) is 0 Å². The average molecular weight is 264 g/mol. The zero-order valence-electron chi connectivity index (χ0n) is 9.46. The van der Waals surface area contributed by atoms with Gasteiger partial charge in [0.15, 0.2) is 0 Å². The summed E-state index contributed by atoms with van der Waals surface area (Å²) >= 11 is 0. The van der Waals surface area contributed by atoms with Crippen LogP contribution in [0, 0.1) is 0 Å². The van der Waals surface area contributed by atoms with Crippen LogP contribution in [0.4, 0.5) is 5.69 Å². The molecule has 0 saturated carbocycles. The Labute approximate surface area is 105 Å². The van der Waals surface area contributed by atoms with Gasteiger partial charge in [-0.05, 0) is 17.7 Å². The summed E-state index contributed by atoms with van der Waals surface area (Å²) in [6.07, 6.45) is 1.44. The molecular weight excluding hydrogens is 252 g/mol. The first-order valence-electron chi connectivity index (χ1n) is 5.29. The van der Waals surface area contributed by atoms with Crippen molar-refractivity contribution in [1.29, 1.82) is 0 Å². The quantitative estimate of drug-likeness (QED) is 0.874. The maximum atomic E-state index is 11.9. The van der Waals surface area contributed by atoms with Gasteiger partial charge in [0.2, 0.25) is 10.0 Å². The van der Waals surface area contributed by atoms with Gasteiger partial charge < -0.3 is 4.98 Å². The van der Waals surface area contributed by atoms with Gasteiger partial charge in [-0.15, -0.1) is 0 Å². The number of sulfonamides is 1. The molecule has 1 heterocycles. The van der Waals surface area contributed by atoms with Crippen LogP contribution < -0.4 is 10.3 Å². The van der Waals surface area contributed by atoms with Gasteiger partial charge in [-0.1, -0.05) is 30.3 Å². The van der Waals surface area contributed by atoms with E-state index in [1.54, 1.807) is 30.3 Å². The Hall–Kier alpha value is -2.08. The highest BCUT2D eigenvalue weighted by atomic mass is 32.2. The van der Waals surface area contributed by atoms with Gasteiger partial charge in [0.05, 0.1) is 5.75 Å². The van der Waals surface area contributed by atoms with E-state index in [0.717, 1.165) is 0 Å². The molecule has 0 aliphatic rings. The number of nitrogens with one attached hydrogen (secondary N) is 2. The molecule has 0 spiro atoms. The molecule has 1 aromatic heterocycles. The van der Waals surface area contributed by atoms with Gasteiger partial charge in [-0.2, -0.15) is 0 Å². The van der Waals surface area contributed by atoms with Crippen LogP contribution in [0.2, 0.25) is 0 Å². The van der Waals surface area contributed by atoms with Crippen molar-refractivity contribution >= 4 is 15.7 Å². The molecule has 94 valence electrons. The molecule has 1 aromatic carbocycles. The molecule has 2 aromatic rings. The largest absolute Gasteiger partial charge is 0.327 e. The fraction of sp³-hybridized carbons (Fsp3) is 0.0833. The Morgan fingerprint density at radius 1 is 1.06 bits per heavy atom. The number of H-pyrrole nitrogens is 1. The minimum atomic E-state index is -3.58. The zero-order valence-corrected chi connectivity index (χ0v) is 10.3.